The van der Waals surface area contributed by atoms with E-state index in [4.69, 9.17) is 4.42 Å². The number of fused-ring (bicyclic) bond motifs is 1. The van der Waals surface area contributed by atoms with Crippen molar-refractivity contribution in [2.24, 2.45) is 0 Å². The molecule has 4 aromatic rings. The van der Waals surface area contributed by atoms with Crippen LogP contribution in [0.15, 0.2) is 47.2 Å². The molecular formula is C19H15F3N4O2S. The standard InChI is InChI=1S/C19H15F3N4O2S/c1-2-12-5-6-15(29-12)14-8-16(19(20,21)22)26-17(25-14)13(10-24-26)18(27)23-9-11-4-3-7-28-11/h3-8,10H,2,9H2,1H3,(H,23,27). The molecule has 0 bridgehead atoms. The summed E-state index contributed by atoms with van der Waals surface area (Å²) >= 11 is 1.37. The molecule has 0 atom stereocenters. The molecule has 0 aliphatic carbocycles. The number of hydrogen-bond acceptors (Lipinski definition) is 5. The van der Waals surface area contributed by atoms with Crippen LogP contribution in [0.5, 0.6) is 0 Å². The van der Waals surface area contributed by atoms with E-state index in [9.17, 15) is 18.0 Å². The van der Waals surface area contributed by atoms with Crippen molar-refractivity contribution in [3.8, 4) is 10.6 Å². The molecule has 0 aliphatic rings. The van der Waals surface area contributed by atoms with Crippen LogP contribution in [-0.4, -0.2) is 20.5 Å². The van der Waals surface area contributed by atoms with Gasteiger partial charge in [0.2, 0.25) is 0 Å². The first-order valence-corrected chi connectivity index (χ1v) is 9.54. The summed E-state index contributed by atoms with van der Waals surface area (Å²) in [7, 11) is 0. The Morgan fingerprint density at radius 2 is 2.14 bits per heavy atom. The quantitative estimate of drug-likeness (QED) is 0.514. The third-order valence-electron chi connectivity index (χ3n) is 4.27. The second kappa shape index (κ2) is 7.36. The number of nitrogens with one attached hydrogen (secondary N) is 1. The highest BCUT2D eigenvalue weighted by molar-refractivity contribution is 7.15. The Hall–Kier alpha value is -3.14. The zero-order valence-electron chi connectivity index (χ0n) is 15.2. The number of amides is 1. The topological polar surface area (TPSA) is 72.4 Å². The zero-order chi connectivity index (χ0) is 20.6. The van der Waals surface area contributed by atoms with E-state index in [1.165, 1.54) is 17.6 Å². The van der Waals surface area contributed by atoms with Crippen LogP contribution >= 0.6 is 11.3 Å². The van der Waals surface area contributed by atoms with Gasteiger partial charge in [-0.3, -0.25) is 4.79 Å². The van der Waals surface area contributed by atoms with Gasteiger partial charge in [0.25, 0.3) is 5.91 Å². The molecular weight excluding hydrogens is 405 g/mol. The first-order chi connectivity index (χ1) is 13.9. The summed E-state index contributed by atoms with van der Waals surface area (Å²) in [5.74, 6) is -0.0697. The number of nitrogens with zero attached hydrogens (tertiary/aromatic N) is 3. The largest absolute Gasteiger partial charge is 0.467 e. The van der Waals surface area contributed by atoms with Crippen molar-refractivity contribution in [3.63, 3.8) is 0 Å². The van der Waals surface area contributed by atoms with Crippen molar-refractivity contribution in [3.05, 3.63) is 64.7 Å². The highest BCUT2D eigenvalue weighted by atomic mass is 32.1. The lowest BCUT2D eigenvalue weighted by Gasteiger charge is -2.11. The smallest absolute Gasteiger partial charge is 0.433 e. The molecule has 6 nitrogen and oxygen atoms in total. The summed E-state index contributed by atoms with van der Waals surface area (Å²) in [6.45, 7) is 2.06. The lowest BCUT2D eigenvalue weighted by Crippen LogP contribution is -2.23. The van der Waals surface area contributed by atoms with Gasteiger partial charge in [-0.2, -0.15) is 18.3 Å². The number of aromatic nitrogens is 3. The van der Waals surface area contributed by atoms with Crippen molar-refractivity contribution < 1.29 is 22.4 Å². The molecule has 0 unspecified atom stereocenters. The number of hydrogen-bond donors (Lipinski definition) is 1. The molecule has 0 aromatic carbocycles. The molecule has 150 valence electrons. The Bertz CT molecular complexity index is 1160. The predicted octanol–water partition coefficient (Wildman–Crippen LogP) is 4.56. The minimum Gasteiger partial charge on any atom is -0.467 e. The van der Waals surface area contributed by atoms with Gasteiger partial charge in [-0.15, -0.1) is 11.3 Å². The van der Waals surface area contributed by atoms with Gasteiger partial charge >= 0.3 is 6.18 Å². The van der Waals surface area contributed by atoms with E-state index in [1.807, 2.05) is 13.0 Å². The van der Waals surface area contributed by atoms with Gasteiger partial charge in [-0.1, -0.05) is 6.92 Å². The second-order valence-electron chi connectivity index (χ2n) is 6.20. The third kappa shape index (κ3) is 3.75. The second-order valence-corrected chi connectivity index (χ2v) is 7.37. The molecule has 1 N–H and O–H groups in total. The minimum absolute atomic E-state index is 0.0452. The summed E-state index contributed by atoms with van der Waals surface area (Å²) in [6, 6.07) is 7.89. The fourth-order valence-electron chi connectivity index (χ4n) is 2.83. The van der Waals surface area contributed by atoms with E-state index < -0.39 is 17.8 Å². The maximum atomic E-state index is 13.6. The number of alkyl halides is 3. The fourth-order valence-corrected chi connectivity index (χ4v) is 3.74. The van der Waals surface area contributed by atoms with Gasteiger partial charge in [0.15, 0.2) is 11.3 Å². The van der Waals surface area contributed by atoms with Crippen LogP contribution in [0, 0.1) is 0 Å². The number of furan rings is 1. The third-order valence-corrected chi connectivity index (χ3v) is 5.52. The maximum Gasteiger partial charge on any atom is 0.433 e. The van der Waals surface area contributed by atoms with Gasteiger partial charge < -0.3 is 9.73 Å². The summed E-state index contributed by atoms with van der Waals surface area (Å²) in [4.78, 5) is 18.5. The summed E-state index contributed by atoms with van der Waals surface area (Å²) in [5.41, 5.74) is -1.04. The first-order valence-electron chi connectivity index (χ1n) is 8.72. The Balaban J connectivity index is 1.78. The Morgan fingerprint density at radius 1 is 1.31 bits per heavy atom. The molecule has 1 amide bonds. The van der Waals surface area contributed by atoms with Crippen molar-refractivity contribution in [1.82, 2.24) is 19.9 Å². The van der Waals surface area contributed by atoms with E-state index in [2.05, 4.69) is 15.4 Å². The van der Waals surface area contributed by atoms with Crippen LogP contribution in [0.25, 0.3) is 16.2 Å². The summed E-state index contributed by atoms with van der Waals surface area (Å²) in [6.07, 6.45) is -1.34. The summed E-state index contributed by atoms with van der Waals surface area (Å²) in [5, 5.41) is 6.37. The van der Waals surface area contributed by atoms with Gasteiger partial charge in [-0.25, -0.2) is 9.50 Å². The summed E-state index contributed by atoms with van der Waals surface area (Å²) < 4.78 is 46.7. The molecule has 0 spiro atoms. The van der Waals surface area contributed by atoms with Crippen LogP contribution in [-0.2, 0) is 19.1 Å². The number of thiophene rings is 1. The first kappa shape index (κ1) is 19.2. The average Bonchev–Trinajstić information content (AvgIpc) is 3.44. The van der Waals surface area contributed by atoms with Crippen molar-refractivity contribution >= 4 is 22.9 Å². The molecule has 29 heavy (non-hydrogen) atoms. The zero-order valence-corrected chi connectivity index (χ0v) is 16.0. The van der Waals surface area contributed by atoms with Gasteiger partial charge in [0.05, 0.1) is 29.6 Å². The van der Waals surface area contributed by atoms with Crippen LogP contribution < -0.4 is 5.32 Å². The van der Waals surface area contributed by atoms with E-state index in [-0.39, 0.29) is 23.4 Å². The molecule has 0 aliphatic heterocycles. The SMILES string of the molecule is CCc1ccc(-c2cc(C(F)(F)F)n3ncc(C(=O)NCc4ccco4)c3n2)s1. The monoisotopic (exact) mass is 420 g/mol. The Labute approximate surface area is 167 Å². The molecule has 0 radical (unpaired) electrons. The number of carbonyl (C=O) groups is 1. The number of rotatable bonds is 5. The van der Waals surface area contributed by atoms with Crippen molar-refractivity contribution in [2.45, 2.75) is 26.1 Å². The van der Waals surface area contributed by atoms with E-state index in [0.717, 1.165) is 23.6 Å². The van der Waals surface area contributed by atoms with Crippen LogP contribution in [0.4, 0.5) is 13.2 Å². The average molecular weight is 420 g/mol. The van der Waals surface area contributed by atoms with Gasteiger partial charge in [0, 0.05) is 4.88 Å². The van der Waals surface area contributed by atoms with E-state index in [0.29, 0.717) is 15.2 Å². The minimum atomic E-state index is -4.66. The Morgan fingerprint density at radius 3 is 2.79 bits per heavy atom. The molecule has 0 fully saturated rings. The predicted molar refractivity (Wildman–Crippen MR) is 101 cm³/mol. The van der Waals surface area contributed by atoms with Gasteiger partial charge in [0.1, 0.15) is 11.3 Å². The fraction of sp³-hybridized carbons (Fsp3) is 0.211. The molecule has 0 saturated carbocycles. The van der Waals surface area contributed by atoms with E-state index in [1.54, 1.807) is 18.2 Å². The van der Waals surface area contributed by atoms with E-state index >= 15 is 0 Å². The van der Waals surface area contributed by atoms with Crippen molar-refractivity contribution in [2.75, 3.05) is 0 Å². The van der Waals surface area contributed by atoms with Crippen LogP contribution in [0.2, 0.25) is 0 Å². The molecule has 4 rings (SSSR count). The number of halogens is 3. The molecule has 4 heterocycles. The van der Waals surface area contributed by atoms with Crippen molar-refractivity contribution in [1.29, 1.82) is 0 Å². The normalized spacial score (nSPS) is 11.9. The van der Waals surface area contributed by atoms with Crippen LogP contribution in [0.3, 0.4) is 0 Å². The Kier molecular flexibility index (Phi) is 4.87. The van der Waals surface area contributed by atoms with Crippen LogP contribution in [0.1, 0.15) is 33.6 Å². The van der Waals surface area contributed by atoms with Gasteiger partial charge in [-0.05, 0) is 36.8 Å². The maximum absolute atomic E-state index is 13.6. The lowest BCUT2D eigenvalue weighted by atomic mass is 10.2. The number of aryl methyl sites for hydroxylation is 1. The lowest BCUT2D eigenvalue weighted by molar-refractivity contribution is -0.142. The number of carbonyl (C=O) groups excluding carboxylic acids is 1. The highest BCUT2D eigenvalue weighted by Gasteiger charge is 2.36. The molecule has 10 heteroatoms. The highest BCUT2D eigenvalue weighted by Crippen LogP contribution is 2.34. The molecule has 0 saturated heterocycles. The molecule has 4 aromatic heterocycles.